The number of carboxylic acid groups (broad SMARTS) is 1. The van der Waals surface area contributed by atoms with Gasteiger partial charge in [0.05, 0.1) is 5.69 Å². The lowest BCUT2D eigenvalue weighted by molar-refractivity contribution is -0.137. The first-order chi connectivity index (χ1) is 8.66. The SMILES string of the molecule is O=C(O)CCCc1ccccc1N1CCC(=O)N1. The Labute approximate surface area is 105 Å². The van der Waals surface area contributed by atoms with Crippen LogP contribution in [0.5, 0.6) is 0 Å². The molecule has 96 valence electrons. The third-order valence-corrected chi connectivity index (χ3v) is 2.94. The highest BCUT2D eigenvalue weighted by Gasteiger charge is 2.20. The van der Waals surface area contributed by atoms with Crippen LogP contribution in [0.3, 0.4) is 0 Å². The number of carbonyl (C=O) groups excluding carboxylic acids is 1. The summed E-state index contributed by atoms with van der Waals surface area (Å²) in [5, 5.41) is 10.5. The third kappa shape index (κ3) is 3.00. The highest BCUT2D eigenvalue weighted by atomic mass is 16.4. The van der Waals surface area contributed by atoms with E-state index in [1.807, 2.05) is 29.3 Å². The van der Waals surface area contributed by atoms with Crippen LogP contribution in [0.15, 0.2) is 24.3 Å². The van der Waals surface area contributed by atoms with Crippen molar-refractivity contribution in [1.82, 2.24) is 5.43 Å². The summed E-state index contributed by atoms with van der Waals surface area (Å²) in [7, 11) is 0. The lowest BCUT2D eigenvalue weighted by atomic mass is 10.1. The van der Waals surface area contributed by atoms with E-state index in [9.17, 15) is 9.59 Å². The molecule has 0 radical (unpaired) electrons. The summed E-state index contributed by atoms with van der Waals surface area (Å²) in [6.07, 6.45) is 1.98. The fourth-order valence-corrected chi connectivity index (χ4v) is 2.07. The summed E-state index contributed by atoms with van der Waals surface area (Å²) >= 11 is 0. The number of benzene rings is 1. The van der Waals surface area contributed by atoms with Crippen LogP contribution < -0.4 is 10.4 Å². The zero-order valence-electron chi connectivity index (χ0n) is 10.1. The van der Waals surface area contributed by atoms with E-state index in [1.165, 1.54) is 0 Å². The Bertz CT molecular complexity index is 459. The van der Waals surface area contributed by atoms with Crippen LogP contribution in [0, 0.1) is 0 Å². The Balaban J connectivity index is 2.05. The number of nitrogens with one attached hydrogen (secondary N) is 1. The molecule has 1 fully saturated rings. The minimum absolute atomic E-state index is 0.0235. The predicted molar refractivity (Wildman–Crippen MR) is 67.1 cm³/mol. The summed E-state index contributed by atoms with van der Waals surface area (Å²) in [6, 6.07) is 7.77. The van der Waals surface area contributed by atoms with Crippen molar-refractivity contribution < 1.29 is 14.7 Å². The number of aliphatic carboxylic acids is 1. The van der Waals surface area contributed by atoms with E-state index in [2.05, 4.69) is 5.43 Å². The number of para-hydroxylation sites is 1. The monoisotopic (exact) mass is 248 g/mol. The van der Waals surface area contributed by atoms with Crippen molar-refractivity contribution in [3.05, 3.63) is 29.8 Å². The summed E-state index contributed by atoms with van der Waals surface area (Å²) in [6.45, 7) is 0.661. The average Bonchev–Trinajstić information content (AvgIpc) is 2.76. The Hall–Kier alpha value is -2.04. The number of hydrazine groups is 1. The van der Waals surface area contributed by atoms with Crippen LogP contribution >= 0.6 is 0 Å². The maximum Gasteiger partial charge on any atom is 0.303 e. The maximum absolute atomic E-state index is 11.2. The Morgan fingerprint density at radius 1 is 1.39 bits per heavy atom. The van der Waals surface area contributed by atoms with Crippen LogP contribution in [0.4, 0.5) is 5.69 Å². The van der Waals surface area contributed by atoms with Gasteiger partial charge in [0.15, 0.2) is 0 Å². The van der Waals surface area contributed by atoms with Gasteiger partial charge < -0.3 is 5.11 Å². The first-order valence-corrected chi connectivity index (χ1v) is 6.03. The third-order valence-electron chi connectivity index (χ3n) is 2.94. The number of hydrogen-bond acceptors (Lipinski definition) is 3. The zero-order valence-corrected chi connectivity index (χ0v) is 10.1. The Kier molecular flexibility index (Phi) is 3.82. The summed E-state index contributed by atoms with van der Waals surface area (Å²) in [4.78, 5) is 21.7. The molecule has 2 N–H and O–H groups in total. The van der Waals surface area contributed by atoms with Crippen molar-refractivity contribution in [2.45, 2.75) is 25.7 Å². The van der Waals surface area contributed by atoms with Crippen LogP contribution in [0.1, 0.15) is 24.8 Å². The van der Waals surface area contributed by atoms with Gasteiger partial charge in [0.25, 0.3) is 0 Å². The molecule has 0 atom stereocenters. The first kappa shape index (κ1) is 12.4. The molecule has 0 spiro atoms. The van der Waals surface area contributed by atoms with Crippen molar-refractivity contribution >= 4 is 17.6 Å². The zero-order chi connectivity index (χ0) is 13.0. The molecule has 1 saturated heterocycles. The first-order valence-electron chi connectivity index (χ1n) is 6.03. The number of carboxylic acids is 1. The number of carbonyl (C=O) groups is 2. The molecule has 0 aromatic heterocycles. The molecular weight excluding hydrogens is 232 g/mol. The molecule has 5 nitrogen and oxygen atoms in total. The standard InChI is InChI=1S/C13H16N2O3/c16-12-8-9-15(14-12)11-6-2-1-4-10(11)5-3-7-13(17)18/h1-2,4,6H,3,5,7-9H2,(H,14,16)(H,17,18). The summed E-state index contributed by atoms with van der Waals surface area (Å²) in [5.74, 6) is -0.753. The van der Waals surface area contributed by atoms with Gasteiger partial charge in [-0.15, -0.1) is 0 Å². The predicted octanol–water partition coefficient (Wildman–Crippen LogP) is 1.34. The molecule has 0 saturated carbocycles. The van der Waals surface area contributed by atoms with Gasteiger partial charge in [-0.1, -0.05) is 18.2 Å². The van der Waals surface area contributed by atoms with Crippen molar-refractivity contribution in [2.24, 2.45) is 0 Å². The van der Waals surface area contributed by atoms with E-state index in [0.29, 0.717) is 25.8 Å². The number of nitrogens with zero attached hydrogens (tertiary/aromatic N) is 1. The molecule has 1 aromatic rings. The second kappa shape index (κ2) is 5.53. The molecule has 1 aliphatic heterocycles. The van der Waals surface area contributed by atoms with Crippen LogP contribution in [-0.4, -0.2) is 23.5 Å². The lowest BCUT2D eigenvalue weighted by Crippen LogP contribution is -2.33. The van der Waals surface area contributed by atoms with Crippen molar-refractivity contribution in [3.63, 3.8) is 0 Å². The number of anilines is 1. The van der Waals surface area contributed by atoms with E-state index >= 15 is 0 Å². The Morgan fingerprint density at radius 3 is 2.83 bits per heavy atom. The quantitative estimate of drug-likeness (QED) is 0.825. The minimum atomic E-state index is -0.776. The van der Waals surface area contributed by atoms with Crippen LogP contribution in [-0.2, 0) is 16.0 Å². The molecular formula is C13H16N2O3. The second-order valence-corrected chi connectivity index (χ2v) is 4.31. The topological polar surface area (TPSA) is 69.6 Å². The van der Waals surface area contributed by atoms with Gasteiger partial charge >= 0.3 is 5.97 Å². The highest BCUT2D eigenvalue weighted by molar-refractivity contribution is 5.82. The minimum Gasteiger partial charge on any atom is -0.481 e. The Morgan fingerprint density at radius 2 is 2.17 bits per heavy atom. The van der Waals surface area contributed by atoms with Gasteiger partial charge in [-0.25, -0.2) is 0 Å². The molecule has 0 aliphatic carbocycles. The van der Waals surface area contributed by atoms with E-state index < -0.39 is 5.97 Å². The van der Waals surface area contributed by atoms with Crippen molar-refractivity contribution in [3.8, 4) is 0 Å². The molecule has 1 aromatic carbocycles. The van der Waals surface area contributed by atoms with Crippen LogP contribution in [0.2, 0.25) is 0 Å². The van der Waals surface area contributed by atoms with Gasteiger partial charge in [-0.2, -0.15) is 0 Å². The molecule has 1 heterocycles. The summed E-state index contributed by atoms with van der Waals surface area (Å²) in [5.41, 5.74) is 4.82. The van der Waals surface area contributed by atoms with Gasteiger partial charge in [0, 0.05) is 19.4 Å². The molecule has 0 unspecified atom stereocenters. The van der Waals surface area contributed by atoms with E-state index in [1.54, 1.807) is 0 Å². The molecule has 1 amide bonds. The van der Waals surface area contributed by atoms with Gasteiger partial charge in [0.2, 0.25) is 5.91 Å². The van der Waals surface area contributed by atoms with Gasteiger partial charge in [-0.05, 0) is 24.5 Å². The van der Waals surface area contributed by atoms with E-state index in [0.717, 1.165) is 11.3 Å². The number of rotatable bonds is 5. The molecule has 0 bridgehead atoms. The van der Waals surface area contributed by atoms with E-state index in [4.69, 9.17) is 5.11 Å². The molecule has 2 rings (SSSR count). The van der Waals surface area contributed by atoms with Crippen LogP contribution in [0.25, 0.3) is 0 Å². The number of aryl methyl sites for hydroxylation is 1. The number of amides is 1. The van der Waals surface area contributed by atoms with E-state index in [-0.39, 0.29) is 12.3 Å². The van der Waals surface area contributed by atoms with Gasteiger partial charge in [-0.3, -0.25) is 20.0 Å². The fraction of sp³-hybridized carbons (Fsp3) is 0.385. The maximum atomic E-state index is 11.2. The lowest BCUT2D eigenvalue weighted by Gasteiger charge is -2.20. The van der Waals surface area contributed by atoms with Gasteiger partial charge in [0.1, 0.15) is 0 Å². The van der Waals surface area contributed by atoms with Crippen molar-refractivity contribution in [2.75, 3.05) is 11.6 Å². The largest absolute Gasteiger partial charge is 0.481 e. The fourth-order valence-electron chi connectivity index (χ4n) is 2.07. The van der Waals surface area contributed by atoms with Crippen molar-refractivity contribution in [1.29, 1.82) is 0 Å². The normalized spacial score (nSPS) is 14.7. The molecule has 1 aliphatic rings. The summed E-state index contributed by atoms with van der Waals surface area (Å²) < 4.78 is 0. The number of hydrogen-bond donors (Lipinski definition) is 2. The highest BCUT2D eigenvalue weighted by Crippen LogP contribution is 2.22. The smallest absolute Gasteiger partial charge is 0.303 e. The molecule has 18 heavy (non-hydrogen) atoms. The molecule has 5 heteroatoms. The average molecular weight is 248 g/mol. The second-order valence-electron chi connectivity index (χ2n) is 4.31.